The lowest BCUT2D eigenvalue weighted by atomic mass is 9.98. The molecule has 1 saturated carbocycles. The maximum atomic E-state index is 14.1. The van der Waals surface area contributed by atoms with Crippen molar-refractivity contribution >= 4 is 10.0 Å². The second-order valence-electron chi connectivity index (χ2n) is 5.94. The minimum atomic E-state index is -3.81. The van der Waals surface area contributed by atoms with Crippen LogP contribution in [0.15, 0.2) is 23.1 Å². The first kappa shape index (κ1) is 16.4. The van der Waals surface area contributed by atoms with Crippen molar-refractivity contribution in [2.75, 3.05) is 7.05 Å². The quantitative estimate of drug-likeness (QED) is 0.876. The van der Waals surface area contributed by atoms with Crippen molar-refractivity contribution in [3.05, 3.63) is 29.6 Å². The summed E-state index contributed by atoms with van der Waals surface area (Å²) in [5.74, 6) is 0.0564. The van der Waals surface area contributed by atoms with E-state index in [2.05, 4.69) is 17.0 Å². The second kappa shape index (κ2) is 6.42. The third-order valence-corrected chi connectivity index (χ3v) is 5.96. The molecule has 0 radical (unpaired) electrons. The van der Waals surface area contributed by atoms with E-state index in [1.165, 1.54) is 12.1 Å². The number of rotatable bonds is 5. The Morgan fingerprint density at radius 3 is 2.52 bits per heavy atom. The number of benzene rings is 1. The monoisotopic (exact) mass is 314 g/mol. The maximum Gasteiger partial charge on any atom is 0.243 e. The molecule has 1 aromatic rings. The molecule has 0 saturated heterocycles. The van der Waals surface area contributed by atoms with Gasteiger partial charge in [0.1, 0.15) is 10.7 Å². The van der Waals surface area contributed by atoms with E-state index in [0.717, 1.165) is 18.4 Å². The van der Waals surface area contributed by atoms with Gasteiger partial charge in [-0.2, -0.15) is 0 Å². The van der Waals surface area contributed by atoms with Gasteiger partial charge < -0.3 is 5.32 Å². The van der Waals surface area contributed by atoms with Crippen LogP contribution in [0, 0.1) is 17.7 Å². The number of halogens is 1. The average Bonchev–Trinajstić information content (AvgIpc) is 2.70. The first-order valence-electron chi connectivity index (χ1n) is 7.30. The lowest BCUT2D eigenvalue weighted by Gasteiger charge is -2.20. The van der Waals surface area contributed by atoms with Crippen molar-refractivity contribution in [1.29, 1.82) is 0 Å². The Balaban J connectivity index is 2.20. The van der Waals surface area contributed by atoms with Gasteiger partial charge in [0, 0.05) is 12.6 Å². The van der Waals surface area contributed by atoms with Crippen molar-refractivity contribution in [2.24, 2.45) is 11.8 Å². The van der Waals surface area contributed by atoms with E-state index in [4.69, 9.17) is 0 Å². The van der Waals surface area contributed by atoms with E-state index in [9.17, 15) is 12.8 Å². The molecule has 1 aliphatic carbocycles. The van der Waals surface area contributed by atoms with Gasteiger partial charge in [0.05, 0.1) is 0 Å². The average molecular weight is 314 g/mol. The fourth-order valence-corrected chi connectivity index (χ4v) is 4.29. The molecule has 2 N–H and O–H groups in total. The summed E-state index contributed by atoms with van der Waals surface area (Å²) in [7, 11) is -2.05. The highest BCUT2D eigenvalue weighted by Crippen LogP contribution is 2.32. The molecule has 0 amide bonds. The third kappa shape index (κ3) is 3.62. The topological polar surface area (TPSA) is 58.2 Å². The van der Waals surface area contributed by atoms with Crippen LogP contribution in [-0.2, 0) is 16.6 Å². The van der Waals surface area contributed by atoms with E-state index in [-0.39, 0.29) is 16.9 Å². The zero-order valence-electron chi connectivity index (χ0n) is 12.7. The summed E-state index contributed by atoms with van der Waals surface area (Å²) in [6.45, 7) is 4.66. The van der Waals surface area contributed by atoms with Gasteiger partial charge in [-0.15, -0.1) is 0 Å². The van der Waals surface area contributed by atoms with Gasteiger partial charge in [-0.25, -0.2) is 17.5 Å². The first-order chi connectivity index (χ1) is 9.85. The predicted octanol–water partition coefficient (Wildman–Crippen LogP) is 2.26. The fraction of sp³-hybridized carbons (Fsp3) is 0.600. The highest BCUT2D eigenvalue weighted by Gasteiger charge is 2.33. The lowest BCUT2D eigenvalue weighted by molar-refractivity contribution is 0.401. The SMILES string of the molecule is CNCc1ccc(S(=O)(=O)NC2CCC(C)C2C)c(F)c1. The van der Waals surface area contributed by atoms with Gasteiger partial charge in [0.25, 0.3) is 0 Å². The largest absolute Gasteiger partial charge is 0.316 e. The van der Waals surface area contributed by atoms with Crippen LogP contribution >= 0.6 is 0 Å². The molecule has 3 atom stereocenters. The standard InChI is InChI=1S/C15H23FN2O2S/c1-10-4-6-14(11(10)2)18-21(19,20)15-7-5-12(9-17-3)8-13(15)16/h5,7-8,10-11,14,17-18H,4,6,9H2,1-3H3. The van der Waals surface area contributed by atoms with Gasteiger partial charge >= 0.3 is 0 Å². The van der Waals surface area contributed by atoms with Crippen molar-refractivity contribution < 1.29 is 12.8 Å². The molecule has 4 nitrogen and oxygen atoms in total. The highest BCUT2D eigenvalue weighted by molar-refractivity contribution is 7.89. The van der Waals surface area contributed by atoms with Crippen LogP contribution in [0.25, 0.3) is 0 Å². The summed E-state index contributed by atoms with van der Waals surface area (Å²) in [5.41, 5.74) is 0.719. The highest BCUT2D eigenvalue weighted by atomic mass is 32.2. The molecular weight excluding hydrogens is 291 g/mol. The second-order valence-corrected chi connectivity index (χ2v) is 7.62. The molecule has 0 aliphatic heterocycles. The number of nitrogens with one attached hydrogen (secondary N) is 2. The normalized spacial score (nSPS) is 26.2. The van der Waals surface area contributed by atoms with Crippen molar-refractivity contribution in [1.82, 2.24) is 10.0 Å². The minimum absolute atomic E-state index is 0.110. The summed E-state index contributed by atoms with van der Waals surface area (Å²) >= 11 is 0. The third-order valence-electron chi connectivity index (χ3n) is 4.44. The Kier molecular flexibility index (Phi) is 5.01. The predicted molar refractivity (Wildman–Crippen MR) is 80.8 cm³/mol. The molecule has 0 aromatic heterocycles. The number of hydrogen-bond acceptors (Lipinski definition) is 3. The van der Waals surface area contributed by atoms with E-state index < -0.39 is 15.8 Å². The molecule has 2 rings (SSSR count). The molecule has 3 unspecified atom stereocenters. The number of sulfonamides is 1. The van der Waals surface area contributed by atoms with Crippen molar-refractivity contribution in [3.8, 4) is 0 Å². The Morgan fingerprint density at radius 2 is 2.00 bits per heavy atom. The van der Waals surface area contributed by atoms with Crippen molar-refractivity contribution in [2.45, 2.75) is 44.2 Å². The van der Waals surface area contributed by atoms with Crippen LogP contribution in [0.3, 0.4) is 0 Å². The summed E-state index contributed by atoms with van der Waals surface area (Å²) in [6.07, 6.45) is 1.80. The molecular formula is C15H23FN2O2S. The van der Waals surface area contributed by atoms with Crippen LogP contribution in [0.1, 0.15) is 32.3 Å². The Labute approximate surface area is 126 Å². The summed E-state index contributed by atoms with van der Waals surface area (Å²) in [5, 5.41) is 2.91. The Morgan fingerprint density at radius 1 is 1.29 bits per heavy atom. The van der Waals surface area contributed by atoms with E-state index in [1.54, 1.807) is 13.1 Å². The van der Waals surface area contributed by atoms with Crippen LogP contribution in [-0.4, -0.2) is 21.5 Å². The summed E-state index contributed by atoms with van der Waals surface area (Å²) < 4.78 is 41.5. The molecule has 0 bridgehead atoms. The molecule has 118 valence electrons. The molecule has 21 heavy (non-hydrogen) atoms. The molecule has 1 aliphatic rings. The Bertz CT molecular complexity index is 604. The van der Waals surface area contributed by atoms with Gasteiger partial charge in [-0.1, -0.05) is 19.9 Å². The van der Waals surface area contributed by atoms with Crippen LogP contribution < -0.4 is 10.0 Å². The molecule has 1 fully saturated rings. The smallest absolute Gasteiger partial charge is 0.243 e. The fourth-order valence-electron chi connectivity index (χ4n) is 2.87. The van der Waals surface area contributed by atoms with Crippen molar-refractivity contribution in [3.63, 3.8) is 0 Å². The molecule has 1 aromatic carbocycles. The van der Waals surface area contributed by atoms with Gasteiger partial charge in [0.15, 0.2) is 0 Å². The van der Waals surface area contributed by atoms with Crippen LogP contribution in [0.2, 0.25) is 0 Å². The first-order valence-corrected chi connectivity index (χ1v) is 8.79. The summed E-state index contributed by atoms with van der Waals surface area (Å²) in [6, 6.07) is 4.13. The Hall–Kier alpha value is -0.980. The van der Waals surface area contributed by atoms with Gasteiger partial charge in [-0.3, -0.25) is 0 Å². The van der Waals surface area contributed by atoms with Gasteiger partial charge in [0.2, 0.25) is 10.0 Å². The van der Waals surface area contributed by atoms with Crippen LogP contribution in [0.4, 0.5) is 4.39 Å². The zero-order valence-corrected chi connectivity index (χ0v) is 13.5. The van der Waals surface area contributed by atoms with E-state index in [0.29, 0.717) is 12.5 Å². The number of hydrogen-bond donors (Lipinski definition) is 2. The molecule has 0 heterocycles. The summed E-state index contributed by atoms with van der Waals surface area (Å²) in [4.78, 5) is -0.269. The van der Waals surface area contributed by atoms with E-state index >= 15 is 0 Å². The molecule has 0 spiro atoms. The van der Waals surface area contributed by atoms with Crippen LogP contribution in [0.5, 0.6) is 0 Å². The minimum Gasteiger partial charge on any atom is -0.316 e. The van der Waals surface area contributed by atoms with Gasteiger partial charge in [-0.05, 0) is 49.4 Å². The lowest BCUT2D eigenvalue weighted by Crippen LogP contribution is -2.37. The maximum absolute atomic E-state index is 14.1. The van der Waals surface area contributed by atoms with E-state index in [1.807, 2.05) is 6.92 Å². The zero-order chi connectivity index (χ0) is 15.6. The molecule has 6 heteroatoms.